The molecule has 0 radical (unpaired) electrons. The minimum atomic E-state index is 0.0162. The molecule has 2 heterocycles. The maximum absolute atomic E-state index is 11.3. The molecule has 0 aliphatic carbocycles. The summed E-state index contributed by atoms with van der Waals surface area (Å²) in [6.07, 6.45) is 2.67. The van der Waals surface area contributed by atoms with Crippen molar-refractivity contribution < 1.29 is 19.1 Å². The van der Waals surface area contributed by atoms with Crippen LogP contribution in [0.3, 0.4) is 0 Å². The fourth-order valence-electron chi connectivity index (χ4n) is 2.07. The number of fused-ring (bicyclic) bond motifs is 2. The van der Waals surface area contributed by atoms with E-state index in [-0.39, 0.29) is 12.1 Å². The molecule has 116 valence electrons. The molecular formula is C11H23N4O4P. The van der Waals surface area contributed by atoms with Crippen LogP contribution in [0, 0.1) is 0 Å². The highest BCUT2D eigenvalue weighted by Gasteiger charge is 2.40. The van der Waals surface area contributed by atoms with Crippen LogP contribution in [0.1, 0.15) is 12.8 Å². The zero-order valence-corrected chi connectivity index (χ0v) is 13.1. The van der Waals surface area contributed by atoms with E-state index in [4.69, 9.17) is 4.62 Å². The van der Waals surface area contributed by atoms with Crippen LogP contribution in [0.25, 0.3) is 0 Å². The Kier molecular flexibility index (Phi) is 7.76. The first-order chi connectivity index (χ1) is 9.60. The highest BCUT2D eigenvalue weighted by molar-refractivity contribution is 7.09. The van der Waals surface area contributed by atoms with Crippen molar-refractivity contribution in [2.45, 2.75) is 18.9 Å². The summed E-state index contributed by atoms with van der Waals surface area (Å²) in [6, 6.07) is 0.302. The molecule has 2 aliphatic rings. The largest absolute Gasteiger partial charge is 0.344 e. The number of carbonyl (C=O) groups excluding carboxylic acids is 2. The predicted octanol–water partition coefficient (Wildman–Crippen LogP) is -0.166. The van der Waals surface area contributed by atoms with Gasteiger partial charge in [-0.05, 0) is 26.9 Å². The Labute approximate surface area is 121 Å². The second-order valence-corrected chi connectivity index (χ2v) is 5.05. The molecule has 2 atom stereocenters. The first kappa shape index (κ1) is 17.1. The summed E-state index contributed by atoms with van der Waals surface area (Å²) in [5, 5.41) is 1.46. The third-order valence-electron chi connectivity index (χ3n) is 3.07. The van der Waals surface area contributed by atoms with Gasteiger partial charge in [-0.2, -0.15) is 5.06 Å². The van der Waals surface area contributed by atoms with Gasteiger partial charge in [0.15, 0.2) is 0 Å². The molecule has 0 aromatic carbocycles. The number of piperidine rings is 1. The second kappa shape index (κ2) is 9.07. The van der Waals surface area contributed by atoms with Crippen molar-refractivity contribution in [1.82, 2.24) is 20.3 Å². The lowest BCUT2D eigenvalue weighted by Crippen LogP contribution is -2.30. The van der Waals surface area contributed by atoms with Gasteiger partial charge < -0.3 is 9.80 Å². The average molecular weight is 306 g/mol. The van der Waals surface area contributed by atoms with E-state index in [1.165, 1.54) is 5.06 Å². The van der Waals surface area contributed by atoms with Gasteiger partial charge in [-0.15, -0.1) is 0 Å². The number of amides is 3. The molecule has 0 saturated carbocycles. The van der Waals surface area contributed by atoms with E-state index in [0.29, 0.717) is 13.0 Å². The number of carbonyl (C=O) groups is 2. The van der Waals surface area contributed by atoms with Gasteiger partial charge in [0.05, 0.1) is 12.6 Å². The third-order valence-corrected chi connectivity index (χ3v) is 3.30. The summed E-state index contributed by atoms with van der Waals surface area (Å²) in [5.74, 6) is 0. The van der Waals surface area contributed by atoms with Crippen molar-refractivity contribution in [3.63, 3.8) is 0 Å². The van der Waals surface area contributed by atoms with Crippen molar-refractivity contribution in [2.75, 3.05) is 40.3 Å². The molecule has 1 N–H and O–H groups in total. The number of urea groups is 1. The fourth-order valence-corrected chi connectivity index (χ4v) is 2.33. The van der Waals surface area contributed by atoms with E-state index >= 15 is 0 Å². The summed E-state index contributed by atoms with van der Waals surface area (Å²) in [6.45, 7) is 3.06. The van der Waals surface area contributed by atoms with E-state index in [2.05, 4.69) is 19.8 Å². The molecular weight excluding hydrogens is 283 g/mol. The maximum Gasteiger partial charge on any atom is 0.344 e. The van der Waals surface area contributed by atoms with Crippen LogP contribution in [0.4, 0.5) is 4.79 Å². The van der Waals surface area contributed by atoms with Crippen molar-refractivity contribution in [1.29, 1.82) is 0 Å². The number of nitrogens with one attached hydrogen (secondary N) is 1. The molecule has 2 rings (SSSR count). The van der Waals surface area contributed by atoms with Crippen molar-refractivity contribution >= 4 is 21.9 Å². The van der Waals surface area contributed by atoms with Crippen LogP contribution in [-0.2, 0) is 14.3 Å². The highest BCUT2D eigenvalue weighted by Crippen LogP contribution is 2.26. The summed E-state index contributed by atoms with van der Waals surface area (Å²) < 4.78 is 4.90. The predicted molar refractivity (Wildman–Crippen MR) is 76.3 cm³/mol. The zero-order valence-electron chi connectivity index (χ0n) is 11.9. The number of nitrogens with zero attached hydrogens (tertiary/aromatic N) is 3. The van der Waals surface area contributed by atoms with Crippen LogP contribution in [0.5, 0.6) is 0 Å². The zero-order chi connectivity index (χ0) is 15.0. The Balaban J connectivity index is 0.000000206. The van der Waals surface area contributed by atoms with Gasteiger partial charge in [0.1, 0.15) is 0 Å². The fraction of sp³-hybridized carbons (Fsp3) is 0.818. The van der Waals surface area contributed by atoms with Gasteiger partial charge in [0, 0.05) is 29.1 Å². The van der Waals surface area contributed by atoms with Crippen molar-refractivity contribution in [2.24, 2.45) is 0 Å². The summed E-state index contributed by atoms with van der Waals surface area (Å²) >= 11 is 0. The lowest BCUT2D eigenvalue weighted by Gasteiger charge is -2.20. The molecule has 0 aromatic rings. The highest BCUT2D eigenvalue weighted by atomic mass is 31.0. The first-order valence-electron chi connectivity index (χ1n) is 6.50. The second-order valence-electron chi connectivity index (χ2n) is 4.84. The summed E-state index contributed by atoms with van der Waals surface area (Å²) in [5.41, 5.74) is 2.10. The molecule has 0 aromatic heterocycles. The van der Waals surface area contributed by atoms with Gasteiger partial charge in [-0.3, -0.25) is 14.3 Å². The Bertz CT molecular complexity index is 319. The normalized spacial score (nSPS) is 20.8. The van der Waals surface area contributed by atoms with E-state index in [1.807, 2.05) is 23.9 Å². The standard InChI is InChI=1S/C6H11N2O2P.C5H12N2O2/c9-6-7-3-1-2-5(4-7)8(6)10-11;1-7(2)3-4-9-6-5-8/h5H,1-4,11H2;5H,3-4H2,1-2H3,(H,6,8)/t5-;/m1./s1. The van der Waals surface area contributed by atoms with E-state index < -0.39 is 0 Å². The lowest BCUT2D eigenvalue weighted by atomic mass is 10.1. The maximum atomic E-state index is 11.3. The number of likely N-dealkylation sites (N-methyl/N-ethyl adjacent to an activating group) is 1. The van der Waals surface area contributed by atoms with Crippen LogP contribution in [0.2, 0.25) is 0 Å². The van der Waals surface area contributed by atoms with Crippen LogP contribution in [0.15, 0.2) is 0 Å². The Morgan fingerprint density at radius 2 is 2.30 bits per heavy atom. The van der Waals surface area contributed by atoms with E-state index in [1.54, 1.807) is 0 Å². The molecule has 8 nitrogen and oxygen atoms in total. The number of hydrogen-bond donors (Lipinski definition) is 1. The Morgan fingerprint density at radius 1 is 1.55 bits per heavy atom. The van der Waals surface area contributed by atoms with Crippen molar-refractivity contribution in [3.8, 4) is 0 Å². The van der Waals surface area contributed by atoms with Crippen LogP contribution >= 0.6 is 9.47 Å². The van der Waals surface area contributed by atoms with Gasteiger partial charge in [-0.1, -0.05) is 0 Å². The molecule has 2 bridgehead atoms. The number of hydroxylamine groups is 3. The van der Waals surface area contributed by atoms with Crippen LogP contribution < -0.4 is 5.48 Å². The summed E-state index contributed by atoms with van der Waals surface area (Å²) in [4.78, 5) is 29.4. The monoisotopic (exact) mass is 306 g/mol. The quantitative estimate of drug-likeness (QED) is 0.319. The first-order valence-corrected chi connectivity index (χ1v) is 6.98. The molecule has 2 saturated heterocycles. The molecule has 20 heavy (non-hydrogen) atoms. The van der Waals surface area contributed by atoms with Gasteiger partial charge >= 0.3 is 6.03 Å². The average Bonchev–Trinajstić information content (AvgIpc) is 2.65. The third kappa shape index (κ3) is 5.20. The molecule has 9 heteroatoms. The smallest absolute Gasteiger partial charge is 0.321 e. The summed E-state index contributed by atoms with van der Waals surface area (Å²) in [7, 11) is 5.99. The number of rotatable bonds is 6. The minimum Gasteiger partial charge on any atom is -0.321 e. The topological polar surface area (TPSA) is 74.4 Å². The molecule has 2 fully saturated rings. The van der Waals surface area contributed by atoms with E-state index in [0.717, 1.165) is 32.5 Å². The molecule has 2 aliphatic heterocycles. The SMILES string of the molecule is CN(C)CCONC=O.O=C1N2CCC[C@H](C2)N1OP. The van der Waals surface area contributed by atoms with Crippen molar-refractivity contribution in [3.05, 3.63) is 0 Å². The lowest BCUT2D eigenvalue weighted by molar-refractivity contribution is -0.120. The Hall–Kier alpha value is -0.950. The van der Waals surface area contributed by atoms with Gasteiger partial charge in [0.25, 0.3) is 0 Å². The van der Waals surface area contributed by atoms with E-state index in [9.17, 15) is 9.59 Å². The minimum absolute atomic E-state index is 0.0162. The number of hydrogen-bond acceptors (Lipinski definition) is 5. The molecule has 3 amide bonds. The molecule has 1 unspecified atom stereocenters. The van der Waals surface area contributed by atoms with Gasteiger partial charge in [-0.25, -0.2) is 10.3 Å². The van der Waals surface area contributed by atoms with Gasteiger partial charge in [0.2, 0.25) is 6.41 Å². The molecule has 0 spiro atoms. The van der Waals surface area contributed by atoms with Crippen LogP contribution in [-0.4, -0.2) is 73.7 Å². The Morgan fingerprint density at radius 3 is 2.85 bits per heavy atom.